The molecule has 94 valence electrons. The first-order valence-electron chi connectivity index (χ1n) is 6.16. The summed E-state index contributed by atoms with van der Waals surface area (Å²) in [4.78, 5) is 13.5. The fourth-order valence-corrected chi connectivity index (χ4v) is 2.27. The molecule has 4 heteroatoms. The average Bonchev–Trinajstić information content (AvgIpc) is 2.26. The van der Waals surface area contributed by atoms with Gasteiger partial charge in [0.1, 0.15) is 5.78 Å². The summed E-state index contributed by atoms with van der Waals surface area (Å²) in [5.41, 5.74) is 0. The number of ether oxygens (including phenoxy) is 1. The van der Waals surface area contributed by atoms with Crippen molar-refractivity contribution < 1.29 is 14.6 Å². The van der Waals surface area contributed by atoms with Crippen molar-refractivity contribution in [1.82, 2.24) is 4.90 Å². The summed E-state index contributed by atoms with van der Waals surface area (Å²) >= 11 is 0. The van der Waals surface area contributed by atoms with Crippen LogP contribution >= 0.6 is 0 Å². The number of carbonyl (C=O) groups is 1. The Morgan fingerprint density at radius 2 is 2.25 bits per heavy atom. The third-order valence-corrected chi connectivity index (χ3v) is 3.03. The number of aliphatic hydroxyl groups is 1. The molecule has 1 heterocycles. The number of ketones is 1. The van der Waals surface area contributed by atoms with Crippen molar-refractivity contribution in [2.75, 3.05) is 32.9 Å². The van der Waals surface area contributed by atoms with Crippen LogP contribution in [0.5, 0.6) is 0 Å². The predicted octanol–water partition coefficient (Wildman–Crippen LogP) is 0.829. The zero-order valence-corrected chi connectivity index (χ0v) is 10.2. The molecule has 1 aliphatic heterocycles. The van der Waals surface area contributed by atoms with Crippen molar-refractivity contribution in [1.29, 1.82) is 0 Å². The normalized spacial score (nSPS) is 22.2. The van der Waals surface area contributed by atoms with Crippen LogP contribution in [0.3, 0.4) is 0 Å². The lowest BCUT2D eigenvalue weighted by atomic mass is 9.98. The summed E-state index contributed by atoms with van der Waals surface area (Å²) in [6.07, 6.45) is 4.24. The van der Waals surface area contributed by atoms with Gasteiger partial charge >= 0.3 is 0 Å². The van der Waals surface area contributed by atoms with Gasteiger partial charge in [-0.25, -0.2) is 0 Å². The van der Waals surface area contributed by atoms with E-state index in [4.69, 9.17) is 9.84 Å². The number of carbonyl (C=O) groups excluding carboxylic acids is 1. The van der Waals surface area contributed by atoms with Gasteiger partial charge in [-0.2, -0.15) is 0 Å². The molecule has 16 heavy (non-hydrogen) atoms. The second-order valence-corrected chi connectivity index (χ2v) is 4.43. The molecular weight excluding hydrogens is 206 g/mol. The topological polar surface area (TPSA) is 49.8 Å². The molecule has 0 amide bonds. The van der Waals surface area contributed by atoms with Gasteiger partial charge in [-0.05, 0) is 26.3 Å². The SMILES string of the molecule is CC(=O)CC1CCCCN1CCOCCO. The molecule has 0 radical (unpaired) electrons. The molecule has 0 spiro atoms. The molecule has 0 aliphatic carbocycles. The van der Waals surface area contributed by atoms with Crippen LogP contribution in [0, 0.1) is 0 Å². The van der Waals surface area contributed by atoms with Crippen molar-refractivity contribution >= 4 is 5.78 Å². The number of likely N-dealkylation sites (tertiary alicyclic amines) is 1. The minimum Gasteiger partial charge on any atom is -0.394 e. The van der Waals surface area contributed by atoms with E-state index in [1.807, 2.05) is 0 Å². The van der Waals surface area contributed by atoms with E-state index >= 15 is 0 Å². The Morgan fingerprint density at radius 1 is 1.44 bits per heavy atom. The van der Waals surface area contributed by atoms with Gasteiger partial charge in [-0.1, -0.05) is 6.42 Å². The van der Waals surface area contributed by atoms with Crippen LogP contribution in [0.25, 0.3) is 0 Å². The molecule has 0 saturated carbocycles. The third-order valence-electron chi connectivity index (χ3n) is 3.03. The van der Waals surface area contributed by atoms with E-state index in [2.05, 4.69) is 4.90 Å². The molecule has 1 atom stereocenters. The number of piperidine rings is 1. The average molecular weight is 229 g/mol. The van der Waals surface area contributed by atoms with Crippen molar-refractivity contribution in [2.24, 2.45) is 0 Å². The van der Waals surface area contributed by atoms with Gasteiger partial charge in [-0.15, -0.1) is 0 Å². The van der Waals surface area contributed by atoms with Gasteiger partial charge < -0.3 is 9.84 Å². The second kappa shape index (κ2) is 7.76. The van der Waals surface area contributed by atoms with Gasteiger partial charge in [0.25, 0.3) is 0 Å². The van der Waals surface area contributed by atoms with Gasteiger partial charge in [0.2, 0.25) is 0 Å². The van der Waals surface area contributed by atoms with Gasteiger partial charge in [-0.3, -0.25) is 9.69 Å². The highest BCUT2D eigenvalue weighted by Gasteiger charge is 2.22. The Labute approximate surface area is 97.6 Å². The number of Topliss-reactive ketones (excluding diaryl/α,β-unsaturated/α-hetero) is 1. The van der Waals surface area contributed by atoms with E-state index in [9.17, 15) is 4.79 Å². The Kier molecular flexibility index (Phi) is 6.61. The maximum Gasteiger partial charge on any atom is 0.131 e. The van der Waals surface area contributed by atoms with Crippen LogP contribution in [0.1, 0.15) is 32.6 Å². The molecule has 1 fully saturated rings. The molecule has 0 bridgehead atoms. The standard InChI is InChI=1S/C12H23NO3/c1-11(15)10-12-4-2-3-5-13(12)6-8-16-9-7-14/h12,14H,2-10H2,1H3. The lowest BCUT2D eigenvalue weighted by Gasteiger charge is -2.35. The molecule has 1 rings (SSSR count). The predicted molar refractivity (Wildman–Crippen MR) is 62.4 cm³/mol. The first-order valence-corrected chi connectivity index (χ1v) is 6.16. The Bertz CT molecular complexity index is 208. The maximum atomic E-state index is 11.1. The van der Waals surface area contributed by atoms with Crippen LogP contribution < -0.4 is 0 Å². The highest BCUT2D eigenvalue weighted by Crippen LogP contribution is 2.19. The smallest absolute Gasteiger partial charge is 0.131 e. The van der Waals surface area contributed by atoms with Crippen molar-refractivity contribution in [3.05, 3.63) is 0 Å². The van der Waals surface area contributed by atoms with Crippen LogP contribution in [0.4, 0.5) is 0 Å². The van der Waals surface area contributed by atoms with Crippen LogP contribution in [0.2, 0.25) is 0 Å². The monoisotopic (exact) mass is 229 g/mol. The van der Waals surface area contributed by atoms with Crippen molar-refractivity contribution in [3.8, 4) is 0 Å². The lowest BCUT2D eigenvalue weighted by Crippen LogP contribution is -2.42. The first kappa shape index (κ1) is 13.6. The summed E-state index contributed by atoms with van der Waals surface area (Å²) in [5.74, 6) is 0.271. The van der Waals surface area contributed by atoms with E-state index in [1.54, 1.807) is 6.92 Å². The quantitative estimate of drug-likeness (QED) is 0.657. The largest absolute Gasteiger partial charge is 0.394 e. The second-order valence-electron chi connectivity index (χ2n) is 4.43. The zero-order valence-electron chi connectivity index (χ0n) is 10.2. The molecule has 0 aromatic carbocycles. The maximum absolute atomic E-state index is 11.1. The summed E-state index contributed by atoms with van der Waals surface area (Å²) in [5, 5.41) is 8.59. The molecule has 4 nitrogen and oxygen atoms in total. The van der Waals surface area contributed by atoms with Gasteiger partial charge in [0, 0.05) is 19.0 Å². The van der Waals surface area contributed by atoms with E-state index in [0.717, 1.165) is 19.5 Å². The first-order chi connectivity index (χ1) is 7.74. The molecule has 0 aromatic heterocycles. The Hall–Kier alpha value is -0.450. The highest BCUT2D eigenvalue weighted by molar-refractivity contribution is 5.76. The molecule has 1 N–H and O–H groups in total. The number of hydrogen-bond donors (Lipinski definition) is 1. The zero-order chi connectivity index (χ0) is 11.8. The molecular formula is C12H23NO3. The fraction of sp³-hybridized carbons (Fsp3) is 0.917. The number of hydrogen-bond acceptors (Lipinski definition) is 4. The minimum absolute atomic E-state index is 0.0802. The van der Waals surface area contributed by atoms with E-state index in [1.165, 1.54) is 12.8 Å². The number of aliphatic hydroxyl groups excluding tert-OH is 1. The minimum atomic E-state index is 0.0802. The van der Waals surface area contributed by atoms with Crippen molar-refractivity contribution in [3.63, 3.8) is 0 Å². The Morgan fingerprint density at radius 3 is 2.94 bits per heavy atom. The van der Waals surface area contributed by atoms with Gasteiger partial charge in [0.15, 0.2) is 0 Å². The molecule has 1 saturated heterocycles. The van der Waals surface area contributed by atoms with Crippen LogP contribution in [-0.2, 0) is 9.53 Å². The van der Waals surface area contributed by atoms with E-state index < -0.39 is 0 Å². The third kappa shape index (κ3) is 5.05. The number of rotatable bonds is 7. The fourth-order valence-electron chi connectivity index (χ4n) is 2.27. The lowest BCUT2D eigenvalue weighted by molar-refractivity contribution is -0.118. The molecule has 0 aromatic rings. The van der Waals surface area contributed by atoms with Crippen molar-refractivity contribution in [2.45, 2.75) is 38.6 Å². The summed E-state index contributed by atoms with van der Waals surface area (Å²) in [6.45, 7) is 4.74. The summed E-state index contributed by atoms with van der Waals surface area (Å²) < 4.78 is 5.26. The van der Waals surface area contributed by atoms with E-state index in [0.29, 0.717) is 25.7 Å². The summed E-state index contributed by atoms with van der Waals surface area (Å²) in [7, 11) is 0. The van der Waals surface area contributed by atoms with Gasteiger partial charge in [0.05, 0.1) is 19.8 Å². The van der Waals surface area contributed by atoms with E-state index in [-0.39, 0.29) is 12.4 Å². The van der Waals surface area contributed by atoms with Crippen LogP contribution in [-0.4, -0.2) is 54.7 Å². The molecule has 1 unspecified atom stereocenters. The highest BCUT2D eigenvalue weighted by atomic mass is 16.5. The molecule has 1 aliphatic rings. The number of nitrogens with zero attached hydrogens (tertiary/aromatic N) is 1. The van der Waals surface area contributed by atoms with Crippen LogP contribution in [0.15, 0.2) is 0 Å². The summed E-state index contributed by atoms with van der Waals surface area (Å²) in [6, 6.07) is 0.406. The Balaban J connectivity index is 2.26.